The molecule has 4 rings (SSSR count). The predicted octanol–water partition coefficient (Wildman–Crippen LogP) is 1.49. The third-order valence-corrected chi connectivity index (χ3v) is 3.98. The van der Waals surface area contributed by atoms with Crippen molar-refractivity contribution in [3.8, 4) is 0 Å². The molecule has 0 aliphatic carbocycles. The first-order valence-corrected chi connectivity index (χ1v) is 7.91. The van der Waals surface area contributed by atoms with Gasteiger partial charge in [-0.05, 0) is 31.2 Å². The number of aryl methyl sites for hydroxylation is 1. The Kier molecular flexibility index (Phi) is 3.70. The minimum Gasteiger partial charge on any atom is -0.302 e. The molecule has 1 aromatic carbocycles. The third kappa shape index (κ3) is 2.97. The number of benzene rings is 1. The van der Waals surface area contributed by atoms with Crippen LogP contribution in [0.15, 0.2) is 52.5 Å². The van der Waals surface area contributed by atoms with Crippen LogP contribution in [0.1, 0.15) is 11.3 Å². The van der Waals surface area contributed by atoms with Gasteiger partial charge in [0.15, 0.2) is 11.1 Å². The van der Waals surface area contributed by atoms with E-state index in [1.807, 2.05) is 19.1 Å². The molecule has 0 aliphatic rings. The average molecular weight is 353 g/mol. The van der Waals surface area contributed by atoms with Crippen LogP contribution in [-0.2, 0) is 0 Å². The molecule has 2 N–H and O–H groups in total. The van der Waals surface area contributed by atoms with E-state index >= 15 is 0 Å². The number of aromatic nitrogens is 5. The number of H-pyrrole nitrogens is 2. The molecule has 124 valence electrons. The molecule has 3 aromatic heterocycles. The van der Waals surface area contributed by atoms with Crippen LogP contribution in [0.3, 0.4) is 0 Å². The van der Waals surface area contributed by atoms with Gasteiger partial charge in [0.2, 0.25) is 0 Å². The molecule has 8 heteroatoms. The van der Waals surface area contributed by atoms with Crippen molar-refractivity contribution in [3.63, 3.8) is 0 Å². The molecule has 0 bridgehead atoms. The van der Waals surface area contributed by atoms with Crippen molar-refractivity contribution in [1.29, 1.82) is 0 Å². The van der Waals surface area contributed by atoms with Crippen molar-refractivity contribution in [2.75, 3.05) is 0 Å². The fourth-order valence-corrected chi connectivity index (χ4v) is 2.69. The first-order valence-electron chi connectivity index (χ1n) is 7.54. The summed E-state index contributed by atoms with van der Waals surface area (Å²) in [6.07, 6.45) is 5.19. The molecule has 0 radical (unpaired) electrons. The monoisotopic (exact) mass is 352 g/mol. The van der Waals surface area contributed by atoms with Gasteiger partial charge in [-0.2, -0.15) is 5.10 Å². The molecule has 3 heterocycles. The minimum absolute atomic E-state index is 0.184. The van der Waals surface area contributed by atoms with E-state index in [0.29, 0.717) is 27.4 Å². The summed E-state index contributed by atoms with van der Waals surface area (Å²) < 4.78 is 1.64. The summed E-state index contributed by atoms with van der Waals surface area (Å²) in [4.78, 5) is 20.9. The van der Waals surface area contributed by atoms with E-state index in [1.54, 1.807) is 41.2 Å². The van der Waals surface area contributed by atoms with Gasteiger partial charge in [-0.25, -0.2) is 14.5 Å². The highest BCUT2D eigenvalue weighted by molar-refractivity contribution is 6.30. The standard InChI is InChI=1S/C17H13ClN6O/c1-10-14(17(25)23-22-10)7-11-9-19-24-6-5-15(21-16(11)24)20-13-4-2-3-12(18)8-13/h2-9H,1H3,(H2,22,23,25). The first-order chi connectivity index (χ1) is 12.1. The van der Waals surface area contributed by atoms with Gasteiger partial charge in [0.25, 0.3) is 5.56 Å². The van der Waals surface area contributed by atoms with E-state index in [0.717, 1.165) is 10.9 Å². The lowest BCUT2D eigenvalue weighted by Gasteiger charge is -1.95. The maximum atomic E-state index is 11.8. The number of aromatic amines is 2. The van der Waals surface area contributed by atoms with E-state index in [-0.39, 0.29) is 5.56 Å². The molecule has 0 unspecified atom stereocenters. The lowest BCUT2D eigenvalue weighted by atomic mass is 10.2. The zero-order valence-corrected chi connectivity index (χ0v) is 13.9. The third-order valence-electron chi connectivity index (χ3n) is 3.75. The van der Waals surface area contributed by atoms with Gasteiger partial charge in [0.1, 0.15) is 0 Å². The van der Waals surface area contributed by atoms with Crippen LogP contribution < -0.4 is 16.3 Å². The molecule has 7 nitrogen and oxygen atoms in total. The van der Waals surface area contributed by atoms with Gasteiger partial charge in [-0.15, -0.1) is 0 Å². The normalized spacial score (nSPS) is 13.0. The highest BCUT2D eigenvalue weighted by atomic mass is 35.5. The van der Waals surface area contributed by atoms with Crippen LogP contribution in [0, 0.1) is 6.92 Å². The Hall–Kier alpha value is -3.19. The van der Waals surface area contributed by atoms with Crippen LogP contribution in [0.5, 0.6) is 0 Å². The number of hydrogen-bond donors (Lipinski definition) is 2. The van der Waals surface area contributed by atoms with Gasteiger partial charge < -0.3 is 5.10 Å². The second-order valence-electron chi connectivity index (χ2n) is 5.51. The fourth-order valence-electron chi connectivity index (χ4n) is 2.50. The summed E-state index contributed by atoms with van der Waals surface area (Å²) in [6, 6.07) is 9.00. The number of nitrogens with one attached hydrogen (secondary N) is 2. The molecule has 0 spiro atoms. The fraction of sp³-hybridized carbons (Fsp3) is 0.0588. The van der Waals surface area contributed by atoms with Crippen LogP contribution in [0.25, 0.3) is 11.7 Å². The Morgan fingerprint density at radius 3 is 2.92 bits per heavy atom. The summed E-state index contributed by atoms with van der Waals surface area (Å²) in [5.41, 5.74) is 2.98. The van der Waals surface area contributed by atoms with E-state index in [4.69, 9.17) is 11.6 Å². The van der Waals surface area contributed by atoms with Gasteiger partial charge in [0, 0.05) is 28.2 Å². The highest BCUT2D eigenvalue weighted by Crippen LogP contribution is 2.16. The molecular formula is C17H13ClN6O. The summed E-state index contributed by atoms with van der Waals surface area (Å²) in [5.74, 6) is 0. The van der Waals surface area contributed by atoms with E-state index in [2.05, 4.69) is 25.3 Å². The molecule has 0 saturated carbocycles. The van der Waals surface area contributed by atoms with Crippen LogP contribution in [0.4, 0.5) is 5.69 Å². The number of nitrogens with zero attached hydrogens (tertiary/aromatic N) is 4. The predicted molar refractivity (Wildman–Crippen MR) is 94.6 cm³/mol. The first kappa shape index (κ1) is 15.3. The molecule has 0 fully saturated rings. The Bertz CT molecular complexity index is 1250. The second-order valence-corrected chi connectivity index (χ2v) is 5.94. The smallest absolute Gasteiger partial charge is 0.271 e. The maximum Gasteiger partial charge on any atom is 0.271 e. The lowest BCUT2D eigenvalue weighted by molar-refractivity contribution is 0.923. The van der Waals surface area contributed by atoms with Crippen LogP contribution >= 0.6 is 11.6 Å². The van der Waals surface area contributed by atoms with Crippen molar-refractivity contribution >= 4 is 29.0 Å². The van der Waals surface area contributed by atoms with E-state index in [9.17, 15) is 4.79 Å². The maximum absolute atomic E-state index is 11.8. The van der Waals surface area contributed by atoms with Crippen molar-refractivity contribution < 1.29 is 0 Å². The Balaban J connectivity index is 1.90. The highest BCUT2D eigenvalue weighted by Gasteiger charge is 2.05. The Labute approximate surface area is 146 Å². The van der Waals surface area contributed by atoms with E-state index < -0.39 is 0 Å². The Morgan fingerprint density at radius 2 is 2.16 bits per heavy atom. The van der Waals surface area contributed by atoms with Gasteiger partial charge >= 0.3 is 0 Å². The number of hydrogen-bond acceptors (Lipinski definition) is 4. The summed E-state index contributed by atoms with van der Waals surface area (Å²) in [6.45, 7) is 1.82. The zero-order chi connectivity index (χ0) is 17.4. The van der Waals surface area contributed by atoms with Crippen molar-refractivity contribution in [1.82, 2.24) is 24.8 Å². The Morgan fingerprint density at radius 1 is 1.28 bits per heavy atom. The molecule has 4 aromatic rings. The molecule has 0 saturated heterocycles. The summed E-state index contributed by atoms with van der Waals surface area (Å²) in [5, 5.41) is 11.0. The topological polar surface area (TPSA) is 91.2 Å². The number of halogens is 1. The summed E-state index contributed by atoms with van der Waals surface area (Å²) in [7, 11) is 0. The van der Waals surface area contributed by atoms with Crippen molar-refractivity contribution in [2.24, 2.45) is 4.99 Å². The largest absolute Gasteiger partial charge is 0.302 e. The van der Waals surface area contributed by atoms with Crippen molar-refractivity contribution in [3.05, 3.63) is 80.1 Å². The zero-order valence-electron chi connectivity index (χ0n) is 13.2. The molecule has 0 amide bonds. The van der Waals surface area contributed by atoms with Gasteiger partial charge in [0.05, 0.1) is 17.4 Å². The SMILES string of the molecule is Cc1[nH][nH]c(=O)c1C=c1cnn2ccc(=Nc3cccc(Cl)c3)nc12. The van der Waals surface area contributed by atoms with Crippen LogP contribution in [0.2, 0.25) is 5.02 Å². The van der Waals surface area contributed by atoms with Gasteiger partial charge in [-0.1, -0.05) is 17.7 Å². The van der Waals surface area contributed by atoms with E-state index in [1.165, 1.54) is 0 Å². The molecular weight excluding hydrogens is 340 g/mol. The van der Waals surface area contributed by atoms with Crippen molar-refractivity contribution in [2.45, 2.75) is 6.92 Å². The molecule has 0 aliphatic heterocycles. The molecule has 25 heavy (non-hydrogen) atoms. The number of rotatable bonds is 2. The molecule has 0 atom stereocenters. The quantitative estimate of drug-likeness (QED) is 0.572. The van der Waals surface area contributed by atoms with Gasteiger partial charge in [-0.3, -0.25) is 9.89 Å². The van der Waals surface area contributed by atoms with Crippen LogP contribution in [-0.4, -0.2) is 24.8 Å². The minimum atomic E-state index is -0.184. The number of fused-ring (bicyclic) bond motifs is 1. The average Bonchev–Trinajstić information content (AvgIpc) is 3.13. The second kappa shape index (κ2) is 6.03. The lowest BCUT2D eigenvalue weighted by Crippen LogP contribution is -2.13. The summed E-state index contributed by atoms with van der Waals surface area (Å²) >= 11 is 5.99.